The molecule has 0 saturated heterocycles. The number of hydrogen-bond donors (Lipinski definition) is 1. The zero-order valence-electron chi connectivity index (χ0n) is 9.51. The largest absolute Gasteiger partial charge is 0.324 e. The number of nitrogens with two attached hydrogens (primary N) is 1. The zero-order valence-corrected chi connectivity index (χ0v) is 9.51. The van der Waals surface area contributed by atoms with Gasteiger partial charge in [-0.1, -0.05) is 12.1 Å². The number of aryl methyl sites for hydroxylation is 1. The van der Waals surface area contributed by atoms with Crippen LogP contribution < -0.4 is 5.73 Å². The summed E-state index contributed by atoms with van der Waals surface area (Å²) in [6.45, 7) is 0. The molecule has 2 rings (SSSR count). The SMILES string of the molecule is NC(CCc1ccncc1)c1cccc(F)c1. The summed E-state index contributed by atoms with van der Waals surface area (Å²) in [6, 6.07) is 10.3. The van der Waals surface area contributed by atoms with Gasteiger partial charge in [0.05, 0.1) is 0 Å². The van der Waals surface area contributed by atoms with E-state index in [0.717, 1.165) is 18.4 Å². The van der Waals surface area contributed by atoms with E-state index >= 15 is 0 Å². The summed E-state index contributed by atoms with van der Waals surface area (Å²) in [5, 5.41) is 0. The van der Waals surface area contributed by atoms with Gasteiger partial charge in [0, 0.05) is 18.4 Å². The maximum atomic E-state index is 13.0. The molecule has 2 nitrogen and oxygen atoms in total. The number of pyridine rings is 1. The van der Waals surface area contributed by atoms with Crippen LogP contribution in [-0.4, -0.2) is 4.98 Å². The molecule has 2 aromatic rings. The Labute approximate surface area is 100 Å². The van der Waals surface area contributed by atoms with Gasteiger partial charge in [-0.2, -0.15) is 0 Å². The molecule has 0 aliphatic rings. The van der Waals surface area contributed by atoms with Crippen molar-refractivity contribution in [3.05, 3.63) is 65.7 Å². The average molecular weight is 230 g/mol. The van der Waals surface area contributed by atoms with E-state index in [4.69, 9.17) is 5.73 Å². The summed E-state index contributed by atoms with van der Waals surface area (Å²) in [5.41, 5.74) is 8.08. The lowest BCUT2D eigenvalue weighted by atomic mass is 10.0. The highest BCUT2D eigenvalue weighted by Gasteiger charge is 2.06. The lowest BCUT2D eigenvalue weighted by molar-refractivity contribution is 0.609. The van der Waals surface area contributed by atoms with Gasteiger partial charge in [-0.25, -0.2) is 4.39 Å². The smallest absolute Gasteiger partial charge is 0.123 e. The number of benzene rings is 1. The monoisotopic (exact) mass is 230 g/mol. The van der Waals surface area contributed by atoms with E-state index in [2.05, 4.69) is 4.98 Å². The standard InChI is InChI=1S/C14H15FN2/c15-13-3-1-2-12(10-13)14(16)5-4-11-6-8-17-9-7-11/h1-3,6-10,14H,4-5,16H2. The molecule has 3 heteroatoms. The fourth-order valence-corrected chi connectivity index (χ4v) is 1.78. The van der Waals surface area contributed by atoms with E-state index in [1.807, 2.05) is 18.2 Å². The molecule has 0 amide bonds. The van der Waals surface area contributed by atoms with Crippen LogP contribution in [0.5, 0.6) is 0 Å². The van der Waals surface area contributed by atoms with E-state index in [-0.39, 0.29) is 11.9 Å². The van der Waals surface area contributed by atoms with Crippen LogP contribution >= 0.6 is 0 Å². The van der Waals surface area contributed by atoms with Crippen molar-refractivity contribution in [2.75, 3.05) is 0 Å². The molecule has 1 unspecified atom stereocenters. The second kappa shape index (κ2) is 5.55. The van der Waals surface area contributed by atoms with Gasteiger partial charge in [0.2, 0.25) is 0 Å². The van der Waals surface area contributed by atoms with Gasteiger partial charge in [-0.3, -0.25) is 4.98 Å². The van der Waals surface area contributed by atoms with Crippen LogP contribution in [0.2, 0.25) is 0 Å². The summed E-state index contributed by atoms with van der Waals surface area (Å²) in [7, 11) is 0. The van der Waals surface area contributed by atoms with Crippen molar-refractivity contribution >= 4 is 0 Å². The Hall–Kier alpha value is -1.74. The number of hydrogen-bond acceptors (Lipinski definition) is 2. The molecule has 0 saturated carbocycles. The van der Waals surface area contributed by atoms with E-state index in [9.17, 15) is 4.39 Å². The van der Waals surface area contributed by atoms with Gasteiger partial charge in [0.1, 0.15) is 5.82 Å². The van der Waals surface area contributed by atoms with Crippen molar-refractivity contribution < 1.29 is 4.39 Å². The van der Waals surface area contributed by atoms with Gasteiger partial charge >= 0.3 is 0 Å². The van der Waals surface area contributed by atoms with Crippen LogP contribution in [-0.2, 0) is 6.42 Å². The highest BCUT2D eigenvalue weighted by Crippen LogP contribution is 2.17. The Morgan fingerprint density at radius 3 is 2.65 bits per heavy atom. The molecule has 88 valence electrons. The van der Waals surface area contributed by atoms with Crippen LogP contribution in [0.1, 0.15) is 23.6 Å². The Morgan fingerprint density at radius 1 is 1.18 bits per heavy atom. The van der Waals surface area contributed by atoms with Crippen molar-refractivity contribution in [2.24, 2.45) is 5.73 Å². The fourth-order valence-electron chi connectivity index (χ4n) is 1.78. The molecule has 0 spiro atoms. The number of nitrogens with zero attached hydrogens (tertiary/aromatic N) is 1. The Balaban J connectivity index is 1.96. The molecule has 0 aliphatic carbocycles. The van der Waals surface area contributed by atoms with Crippen LogP contribution in [0.4, 0.5) is 4.39 Å². The summed E-state index contributed by atoms with van der Waals surface area (Å²) in [6.07, 6.45) is 5.21. The van der Waals surface area contributed by atoms with Gasteiger partial charge in [0.15, 0.2) is 0 Å². The fraction of sp³-hybridized carbons (Fsp3) is 0.214. The van der Waals surface area contributed by atoms with Crippen LogP contribution in [0.15, 0.2) is 48.8 Å². The number of aromatic nitrogens is 1. The topological polar surface area (TPSA) is 38.9 Å². The molecule has 0 aliphatic heterocycles. The lowest BCUT2D eigenvalue weighted by Crippen LogP contribution is -2.11. The van der Waals surface area contributed by atoms with Crippen LogP contribution in [0, 0.1) is 5.82 Å². The van der Waals surface area contributed by atoms with E-state index < -0.39 is 0 Å². The third-order valence-corrected chi connectivity index (χ3v) is 2.77. The predicted molar refractivity (Wildman–Crippen MR) is 65.9 cm³/mol. The summed E-state index contributed by atoms with van der Waals surface area (Å²) in [5.74, 6) is -0.234. The lowest BCUT2D eigenvalue weighted by Gasteiger charge is -2.11. The quantitative estimate of drug-likeness (QED) is 0.877. The summed E-state index contributed by atoms with van der Waals surface area (Å²) >= 11 is 0. The minimum Gasteiger partial charge on any atom is -0.324 e. The molecule has 1 aromatic carbocycles. The van der Waals surface area contributed by atoms with E-state index in [1.54, 1.807) is 18.5 Å². The molecule has 0 fully saturated rings. The molecule has 0 bridgehead atoms. The summed E-state index contributed by atoms with van der Waals surface area (Å²) < 4.78 is 13.0. The van der Waals surface area contributed by atoms with Crippen molar-refractivity contribution in [3.8, 4) is 0 Å². The van der Waals surface area contributed by atoms with Gasteiger partial charge in [-0.15, -0.1) is 0 Å². The Kier molecular flexibility index (Phi) is 3.83. The second-order valence-electron chi connectivity index (χ2n) is 4.06. The van der Waals surface area contributed by atoms with Crippen LogP contribution in [0.25, 0.3) is 0 Å². The van der Waals surface area contributed by atoms with E-state index in [0.29, 0.717) is 0 Å². The first-order chi connectivity index (χ1) is 8.25. The highest BCUT2D eigenvalue weighted by molar-refractivity contribution is 5.20. The maximum absolute atomic E-state index is 13.0. The van der Waals surface area contributed by atoms with Crippen molar-refractivity contribution in [3.63, 3.8) is 0 Å². The molecule has 1 atom stereocenters. The first-order valence-electron chi connectivity index (χ1n) is 5.65. The number of halogens is 1. The van der Waals surface area contributed by atoms with E-state index in [1.165, 1.54) is 17.7 Å². The molecular weight excluding hydrogens is 215 g/mol. The molecule has 17 heavy (non-hydrogen) atoms. The average Bonchev–Trinajstić information content (AvgIpc) is 2.37. The zero-order chi connectivity index (χ0) is 12.1. The third kappa shape index (κ3) is 3.36. The molecule has 1 heterocycles. The molecule has 0 radical (unpaired) electrons. The van der Waals surface area contributed by atoms with Gasteiger partial charge < -0.3 is 5.73 Å². The van der Waals surface area contributed by atoms with Gasteiger partial charge in [-0.05, 0) is 48.2 Å². The number of rotatable bonds is 4. The molecule has 1 aromatic heterocycles. The Morgan fingerprint density at radius 2 is 1.94 bits per heavy atom. The second-order valence-corrected chi connectivity index (χ2v) is 4.06. The summed E-state index contributed by atoms with van der Waals surface area (Å²) in [4.78, 5) is 3.96. The minimum atomic E-state index is -0.234. The first-order valence-corrected chi connectivity index (χ1v) is 5.65. The van der Waals surface area contributed by atoms with Crippen LogP contribution in [0.3, 0.4) is 0 Å². The molecule has 2 N–H and O–H groups in total. The maximum Gasteiger partial charge on any atom is 0.123 e. The minimum absolute atomic E-state index is 0.126. The molecular formula is C14H15FN2. The Bertz CT molecular complexity index is 471. The van der Waals surface area contributed by atoms with Crippen molar-refractivity contribution in [2.45, 2.75) is 18.9 Å². The first kappa shape index (κ1) is 11.7. The third-order valence-electron chi connectivity index (χ3n) is 2.77. The van der Waals surface area contributed by atoms with Crippen molar-refractivity contribution in [1.29, 1.82) is 0 Å². The predicted octanol–water partition coefficient (Wildman–Crippen LogP) is 2.85. The normalized spacial score (nSPS) is 12.4. The van der Waals surface area contributed by atoms with Gasteiger partial charge in [0.25, 0.3) is 0 Å². The van der Waals surface area contributed by atoms with Crippen molar-refractivity contribution in [1.82, 2.24) is 4.98 Å². The highest BCUT2D eigenvalue weighted by atomic mass is 19.1.